The van der Waals surface area contributed by atoms with Crippen LogP contribution in [0.3, 0.4) is 0 Å². The fraction of sp³-hybridized carbons (Fsp3) is 0. The molecule has 0 atom stereocenters. The lowest BCUT2D eigenvalue weighted by Gasteiger charge is -1.93. The van der Waals surface area contributed by atoms with E-state index in [1.807, 2.05) is 5.43 Å². The first-order chi connectivity index (χ1) is 7.13. The van der Waals surface area contributed by atoms with E-state index in [0.717, 1.165) is 0 Å². The minimum Gasteiger partial charge on any atom is -0.274 e. The lowest BCUT2D eigenvalue weighted by atomic mass is 10.2. The summed E-state index contributed by atoms with van der Waals surface area (Å²) in [6.07, 6.45) is 1.26. The second-order valence-corrected chi connectivity index (χ2v) is 2.56. The maximum Gasteiger partial charge on any atom is 0.355 e. The van der Waals surface area contributed by atoms with Crippen LogP contribution in [-0.2, 0) is 0 Å². The Bertz CT molecular complexity index is 399. The fourth-order valence-corrected chi connectivity index (χ4v) is 0.853. The second kappa shape index (κ2) is 4.82. The van der Waals surface area contributed by atoms with Crippen molar-refractivity contribution < 1.29 is 9.72 Å². The van der Waals surface area contributed by atoms with Crippen LogP contribution in [0.2, 0.25) is 0 Å². The van der Waals surface area contributed by atoms with Gasteiger partial charge in [0.2, 0.25) is 0 Å². The van der Waals surface area contributed by atoms with Gasteiger partial charge in [-0.25, -0.2) is 15.6 Å². The Morgan fingerprint density at radius 3 is 2.53 bits per heavy atom. The molecule has 0 saturated carbocycles. The lowest BCUT2D eigenvalue weighted by molar-refractivity contribution is -0.384. The number of urea groups is 1. The van der Waals surface area contributed by atoms with Crippen LogP contribution < -0.4 is 11.3 Å². The largest absolute Gasteiger partial charge is 0.355 e. The summed E-state index contributed by atoms with van der Waals surface area (Å²) in [5.41, 5.74) is 2.37. The van der Waals surface area contributed by atoms with E-state index in [0.29, 0.717) is 5.56 Å². The van der Waals surface area contributed by atoms with Crippen molar-refractivity contribution in [2.75, 3.05) is 0 Å². The van der Waals surface area contributed by atoms with Gasteiger partial charge >= 0.3 is 6.03 Å². The monoisotopic (exact) mass is 208 g/mol. The first kappa shape index (κ1) is 10.8. The zero-order valence-corrected chi connectivity index (χ0v) is 7.58. The van der Waals surface area contributed by atoms with Crippen molar-refractivity contribution in [1.82, 2.24) is 5.43 Å². The highest BCUT2D eigenvalue weighted by Crippen LogP contribution is 2.10. The second-order valence-electron chi connectivity index (χ2n) is 2.56. The van der Waals surface area contributed by atoms with Gasteiger partial charge in [0.15, 0.2) is 0 Å². The fourth-order valence-electron chi connectivity index (χ4n) is 0.853. The highest BCUT2D eigenvalue weighted by atomic mass is 16.6. The first-order valence-electron chi connectivity index (χ1n) is 3.92. The van der Waals surface area contributed by atoms with Gasteiger partial charge < -0.3 is 0 Å². The molecule has 1 rings (SSSR count). The molecule has 0 aliphatic heterocycles. The van der Waals surface area contributed by atoms with E-state index in [1.54, 1.807) is 0 Å². The van der Waals surface area contributed by atoms with Crippen molar-refractivity contribution in [2.24, 2.45) is 10.8 Å². The number of carbonyl (C=O) groups is 1. The Morgan fingerprint density at radius 1 is 1.47 bits per heavy atom. The summed E-state index contributed by atoms with van der Waals surface area (Å²) in [6, 6.07) is 4.91. The Kier molecular flexibility index (Phi) is 3.47. The van der Waals surface area contributed by atoms with E-state index in [9.17, 15) is 14.9 Å². The molecular formula is C8H8N4O3. The molecule has 0 aromatic heterocycles. The summed E-state index contributed by atoms with van der Waals surface area (Å²) in [5.74, 6) is 4.80. The molecule has 0 spiro atoms. The molecule has 3 N–H and O–H groups in total. The van der Waals surface area contributed by atoms with Gasteiger partial charge in [-0.2, -0.15) is 0 Å². The van der Waals surface area contributed by atoms with E-state index in [2.05, 4.69) is 4.99 Å². The molecular weight excluding hydrogens is 200 g/mol. The van der Waals surface area contributed by atoms with Crippen LogP contribution in [0.4, 0.5) is 10.5 Å². The van der Waals surface area contributed by atoms with Crippen LogP contribution in [0, 0.1) is 10.1 Å². The summed E-state index contributed by atoms with van der Waals surface area (Å²) in [7, 11) is 0. The average Bonchev–Trinajstić information content (AvgIpc) is 2.26. The number of nitrogens with zero attached hydrogens (tertiary/aromatic N) is 2. The van der Waals surface area contributed by atoms with Crippen LogP contribution >= 0.6 is 0 Å². The van der Waals surface area contributed by atoms with Crippen molar-refractivity contribution in [3.05, 3.63) is 39.9 Å². The van der Waals surface area contributed by atoms with E-state index in [-0.39, 0.29) is 5.69 Å². The summed E-state index contributed by atoms with van der Waals surface area (Å²) >= 11 is 0. The number of nitro groups is 1. The van der Waals surface area contributed by atoms with Gasteiger partial charge in [0.1, 0.15) is 0 Å². The molecule has 1 aromatic carbocycles. The van der Waals surface area contributed by atoms with Crippen molar-refractivity contribution in [3.8, 4) is 0 Å². The third-order valence-electron chi connectivity index (χ3n) is 1.56. The molecule has 0 radical (unpaired) electrons. The molecule has 0 unspecified atom stereocenters. The highest BCUT2D eigenvalue weighted by Gasteiger charge is 2.02. The Balaban J connectivity index is 2.77. The number of benzene rings is 1. The van der Waals surface area contributed by atoms with Crippen molar-refractivity contribution in [1.29, 1.82) is 0 Å². The third kappa shape index (κ3) is 3.16. The molecule has 78 valence electrons. The van der Waals surface area contributed by atoms with E-state index in [4.69, 9.17) is 5.84 Å². The number of amides is 2. The molecule has 0 saturated heterocycles. The number of non-ortho nitro benzene ring substituents is 1. The molecule has 2 amide bonds. The Hall–Kier alpha value is -2.28. The van der Waals surface area contributed by atoms with E-state index < -0.39 is 11.0 Å². The van der Waals surface area contributed by atoms with Crippen LogP contribution in [-0.4, -0.2) is 17.2 Å². The number of nitro benzene ring substituents is 1. The molecule has 1 aromatic rings. The summed E-state index contributed by atoms with van der Waals surface area (Å²) in [4.78, 5) is 23.8. The van der Waals surface area contributed by atoms with Crippen LogP contribution in [0.5, 0.6) is 0 Å². The number of hydrogen-bond donors (Lipinski definition) is 2. The maximum absolute atomic E-state index is 10.6. The quantitative estimate of drug-likeness (QED) is 0.243. The molecule has 7 heteroatoms. The van der Waals surface area contributed by atoms with Crippen LogP contribution in [0.1, 0.15) is 5.56 Å². The van der Waals surface area contributed by atoms with Crippen molar-refractivity contribution >= 4 is 17.9 Å². The van der Waals surface area contributed by atoms with E-state index in [1.165, 1.54) is 30.5 Å². The van der Waals surface area contributed by atoms with Crippen LogP contribution in [0.25, 0.3) is 0 Å². The first-order valence-corrected chi connectivity index (χ1v) is 3.92. The van der Waals surface area contributed by atoms with Gasteiger partial charge in [0.25, 0.3) is 5.69 Å². The smallest absolute Gasteiger partial charge is 0.274 e. The zero-order chi connectivity index (χ0) is 11.3. The van der Waals surface area contributed by atoms with Gasteiger partial charge in [0, 0.05) is 18.3 Å². The predicted octanol–water partition coefficient (Wildman–Crippen LogP) is 0.597. The number of carbonyl (C=O) groups excluding carboxylic acids is 1. The summed E-state index contributed by atoms with van der Waals surface area (Å²) in [5, 5.41) is 10.3. The standard InChI is InChI=1S/C8H8N4O3/c9-11-8(13)10-5-6-1-3-7(4-2-6)12(14)15/h1-5H,9H2,(H,11,13)/b10-5-. The lowest BCUT2D eigenvalue weighted by Crippen LogP contribution is -2.26. The third-order valence-corrected chi connectivity index (χ3v) is 1.56. The summed E-state index contributed by atoms with van der Waals surface area (Å²) in [6.45, 7) is 0. The number of nitrogens with two attached hydrogens (primary N) is 1. The molecule has 0 bridgehead atoms. The number of rotatable bonds is 2. The van der Waals surface area contributed by atoms with Gasteiger partial charge in [-0.1, -0.05) is 0 Å². The highest BCUT2D eigenvalue weighted by molar-refractivity contribution is 5.90. The Labute approximate surface area is 84.7 Å². The predicted molar refractivity (Wildman–Crippen MR) is 53.4 cm³/mol. The number of nitrogens with one attached hydrogen (secondary N) is 1. The number of hydrazine groups is 1. The average molecular weight is 208 g/mol. The minimum atomic E-state index is -0.687. The minimum absolute atomic E-state index is 0.0181. The Morgan fingerprint density at radius 2 is 2.07 bits per heavy atom. The van der Waals surface area contributed by atoms with E-state index >= 15 is 0 Å². The normalized spacial score (nSPS) is 10.2. The zero-order valence-electron chi connectivity index (χ0n) is 7.58. The number of hydrogen-bond acceptors (Lipinski definition) is 4. The SMILES string of the molecule is NNC(=O)/N=C\c1ccc([N+](=O)[O-])cc1. The summed E-state index contributed by atoms with van der Waals surface area (Å²) < 4.78 is 0. The molecule has 0 fully saturated rings. The van der Waals surface area contributed by atoms with Crippen LogP contribution in [0.15, 0.2) is 29.3 Å². The van der Waals surface area contributed by atoms with Gasteiger partial charge in [-0.3, -0.25) is 15.5 Å². The number of aliphatic imine (C=N–C) groups is 1. The molecule has 0 heterocycles. The maximum atomic E-state index is 10.6. The topological polar surface area (TPSA) is 111 Å². The molecule has 0 aliphatic carbocycles. The molecule has 7 nitrogen and oxygen atoms in total. The van der Waals surface area contributed by atoms with Gasteiger partial charge in [-0.15, -0.1) is 0 Å². The van der Waals surface area contributed by atoms with Crippen molar-refractivity contribution in [3.63, 3.8) is 0 Å². The van der Waals surface area contributed by atoms with Gasteiger partial charge in [-0.05, 0) is 17.7 Å². The molecule has 15 heavy (non-hydrogen) atoms. The molecule has 0 aliphatic rings. The van der Waals surface area contributed by atoms with Crippen molar-refractivity contribution in [2.45, 2.75) is 0 Å². The van der Waals surface area contributed by atoms with Gasteiger partial charge in [0.05, 0.1) is 4.92 Å².